The van der Waals surface area contributed by atoms with Crippen LogP contribution in [0.15, 0.2) is 60.2 Å². The van der Waals surface area contributed by atoms with E-state index in [4.69, 9.17) is 9.47 Å². The summed E-state index contributed by atoms with van der Waals surface area (Å²) in [5.74, 6) is -1.57. The van der Waals surface area contributed by atoms with Crippen LogP contribution in [0.3, 0.4) is 0 Å². The van der Waals surface area contributed by atoms with Gasteiger partial charge in [0.25, 0.3) is 11.7 Å². The van der Waals surface area contributed by atoms with Crippen molar-refractivity contribution in [2.24, 2.45) is 0 Å². The van der Waals surface area contributed by atoms with Crippen molar-refractivity contribution < 1.29 is 29.0 Å². The minimum Gasteiger partial charge on any atom is -0.507 e. The normalized spacial score (nSPS) is 16.7. The molecule has 0 aromatic heterocycles. The topological polar surface area (TPSA) is 93.1 Å². The van der Waals surface area contributed by atoms with Gasteiger partial charge in [0.05, 0.1) is 24.3 Å². The number of anilines is 1. The van der Waals surface area contributed by atoms with Crippen LogP contribution in [0.25, 0.3) is 5.76 Å². The molecule has 3 aromatic carbocycles. The van der Waals surface area contributed by atoms with Crippen LogP contribution in [-0.4, -0.2) is 29.9 Å². The molecule has 1 aliphatic heterocycles. The molecule has 4 rings (SSSR count). The van der Waals surface area contributed by atoms with Gasteiger partial charge in [-0.15, -0.1) is 0 Å². The number of rotatable bonds is 5. The Morgan fingerprint density at radius 2 is 1.49 bits per heavy atom. The molecule has 1 saturated heterocycles. The molecule has 7 nitrogen and oxygen atoms in total. The van der Waals surface area contributed by atoms with Crippen LogP contribution in [0.1, 0.15) is 46.3 Å². The molecule has 0 aliphatic carbocycles. The molecule has 37 heavy (non-hydrogen) atoms. The van der Waals surface area contributed by atoms with Crippen molar-refractivity contribution in [3.8, 4) is 11.5 Å². The maximum Gasteiger partial charge on any atom is 0.308 e. The number of aryl methyl sites for hydroxylation is 4. The fourth-order valence-electron chi connectivity index (χ4n) is 4.93. The van der Waals surface area contributed by atoms with Gasteiger partial charge in [-0.3, -0.25) is 19.3 Å². The first-order valence-electron chi connectivity index (χ1n) is 11.8. The van der Waals surface area contributed by atoms with Gasteiger partial charge in [0.2, 0.25) is 0 Å². The number of aliphatic hydroxyl groups excluding tert-OH is 1. The first-order valence-corrected chi connectivity index (χ1v) is 11.8. The molecule has 1 aliphatic rings. The first kappa shape index (κ1) is 25.7. The molecule has 3 aromatic rings. The van der Waals surface area contributed by atoms with E-state index in [2.05, 4.69) is 0 Å². The van der Waals surface area contributed by atoms with Crippen molar-refractivity contribution in [2.75, 3.05) is 12.0 Å². The summed E-state index contributed by atoms with van der Waals surface area (Å²) < 4.78 is 10.7. The van der Waals surface area contributed by atoms with Gasteiger partial charge in [-0.25, -0.2) is 0 Å². The highest BCUT2D eigenvalue weighted by atomic mass is 16.5. The summed E-state index contributed by atoms with van der Waals surface area (Å²) >= 11 is 0. The third-order valence-corrected chi connectivity index (χ3v) is 6.26. The number of ketones is 1. The molecule has 7 heteroatoms. The van der Waals surface area contributed by atoms with E-state index < -0.39 is 23.7 Å². The lowest BCUT2D eigenvalue weighted by molar-refractivity contribution is -0.132. The zero-order chi connectivity index (χ0) is 27.0. The van der Waals surface area contributed by atoms with Crippen molar-refractivity contribution >= 4 is 29.1 Å². The summed E-state index contributed by atoms with van der Waals surface area (Å²) in [5.41, 5.74) is 4.90. The highest BCUT2D eigenvalue weighted by molar-refractivity contribution is 6.51. The summed E-state index contributed by atoms with van der Waals surface area (Å²) in [6.45, 7) is 8.86. The van der Waals surface area contributed by atoms with E-state index in [0.29, 0.717) is 28.3 Å². The van der Waals surface area contributed by atoms with Crippen LogP contribution in [0, 0.1) is 27.7 Å². The number of esters is 1. The number of benzene rings is 3. The fourth-order valence-corrected chi connectivity index (χ4v) is 4.93. The lowest BCUT2D eigenvalue weighted by Gasteiger charge is -2.26. The molecular weight excluding hydrogens is 470 g/mol. The Bertz CT molecular complexity index is 1430. The van der Waals surface area contributed by atoms with Crippen LogP contribution in [-0.2, 0) is 14.4 Å². The molecule has 1 heterocycles. The quantitative estimate of drug-likeness (QED) is 0.164. The smallest absolute Gasteiger partial charge is 0.308 e. The molecule has 0 bridgehead atoms. The molecule has 0 spiro atoms. The van der Waals surface area contributed by atoms with E-state index in [0.717, 1.165) is 22.3 Å². The number of aliphatic hydroxyl groups is 1. The monoisotopic (exact) mass is 499 g/mol. The van der Waals surface area contributed by atoms with Gasteiger partial charge in [0, 0.05) is 12.6 Å². The number of carbonyl (C=O) groups excluding carboxylic acids is 3. The number of hydrogen-bond acceptors (Lipinski definition) is 6. The number of methoxy groups -OCH3 is 1. The lowest BCUT2D eigenvalue weighted by atomic mass is 9.93. The highest BCUT2D eigenvalue weighted by Crippen LogP contribution is 2.44. The van der Waals surface area contributed by atoms with E-state index in [9.17, 15) is 19.5 Å². The maximum absolute atomic E-state index is 13.5. The first-order chi connectivity index (χ1) is 17.5. The Hall–Kier alpha value is -4.39. The lowest BCUT2D eigenvalue weighted by Crippen LogP contribution is -2.29. The van der Waals surface area contributed by atoms with E-state index in [1.54, 1.807) is 30.3 Å². The number of carbonyl (C=O) groups is 3. The third-order valence-electron chi connectivity index (χ3n) is 6.26. The minimum atomic E-state index is -0.918. The third kappa shape index (κ3) is 4.85. The molecule has 190 valence electrons. The number of nitrogens with zero attached hydrogens (tertiary/aromatic N) is 1. The Morgan fingerprint density at radius 1 is 0.892 bits per heavy atom. The van der Waals surface area contributed by atoms with Crippen molar-refractivity contribution in [2.45, 2.75) is 40.7 Å². The maximum atomic E-state index is 13.5. The Kier molecular flexibility index (Phi) is 6.90. The van der Waals surface area contributed by atoms with Crippen molar-refractivity contribution in [1.82, 2.24) is 0 Å². The summed E-state index contributed by atoms with van der Waals surface area (Å²) in [7, 11) is 1.49. The standard InChI is InChI=1S/C30H29NO6/c1-16-11-17(2)14-22(13-16)31-26(21-7-9-23(10-8-21)37-20(5)32)25(28(34)30(31)35)27(33)24-15-18(3)12-19(4)29(24)36-6/h7-15,26,33H,1-6H3/b27-25+. The second-order valence-electron chi connectivity index (χ2n) is 9.34. The zero-order valence-electron chi connectivity index (χ0n) is 21.7. The predicted molar refractivity (Wildman–Crippen MR) is 141 cm³/mol. The van der Waals surface area contributed by atoms with Gasteiger partial charge in [-0.2, -0.15) is 0 Å². The Balaban J connectivity index is 1.99. The van der Waals surface area contributed by atoms with Gasteiger partial charge >= 0.3 is 5.97 Å². The van der Waals surface area contributed by atoms with Crippen LogP contribution in [0.4, 0.5) is 5.69 Å². The number of Topliss-reactive ketones (excluding diaryl/α,β-unsaturated/α-hetero) is 1. The average Bonchev–Trinajstić information content (AvgIpc) is 3.08. The summed E-state index contributed by atoms with van der Waals surface area (Å²) in [6, 6.07) is 14.9. The molecular formula is C30H29NO6. The average molecular weight is 500 g/mol. The second kappa shape index (κ2) is 9.93. The SMILES string of the molecule is COc1c(C)cc(C)cc1/C(O)=C1\C(=O)C(=O)N(c2cc(C)cc(C)c2)C1c1ccc(OC(C)=O)cc1. The minimum absolute atomic E-state index is 0.0484. The van der Waals surface area contributed by atoms with Crippen LogP contribution in [0.2, 0.25) is 0 Å². The van der Waals surface area contributed by atoms with E-state index in [1.165, 1.54) is 18.9 Å². The van der Waals surface area contributed by atoms with E-state index in [-0.39, 0.29) is 11.3 Å². The predicted octanol–water partition coefficient (Wildman–Crippen LogP) is 5.48. The van der Waals surface area contributed by atoms with E-state index in [1.807, 2.05) is 52.0 Å². The summed E-state index contributed by atoms with van der Waals surface area (Å²) in [4.78, 5) is 39.8. The Morgan fingerprint density at radius 3 is 2.05 bits per heavy atom. The van der Waals surface area contributed by atoms with Crippen LogP contribution in [0.5, 0.6) is 11.5 Å². The van der Waals surface area contributed by atoms with Crippen molar-refractivity contribution in [3.63, 3.8) is 0 Å². The second-order valence-corrected chi connectivity index (χ2v) is 9.34. The molecule has 1 atom stereocenters. The van der Waals surface area contributed by atoms with Crippen molar-refractivity contribution in [3.05, 3.63) is 93.6 Å². The van der Waals surface area contributed by atoms with Gasteiger partial charge in [0.1, 0.15) is 17.3 Å². The Labute approximate surface area is 215 Å². The zero-order valence-corrected chi connectivity index (χ0v) is 21.7. The molecule has 1 fully saturated rings. The summed E-state index contributed by atoms with van der Waals surface area (Å²) in [5, 5.41) is 11.6. The van der Waals surface area contributed by atoms with Crippen LogP contribution >= 0.6 is 0 Å². The molecule has 0 saturated carbocycles. The molecule has 1 N–H and O–H groups in total. The molecule has 1 unspecified atom stereocenters. The number of hydrogen-bond donors (Lipinski definition) is 1. The highest BCUT2D eigenvalue weighted by Gasteiger charge is 2.47. The van der Waals surface area contributed by atoms with Gasteiger partial charge < -0.3 is 14.6 Å². The summed E-state index contributed by atoms with van der Waals surface area (Å²) in [6.07, 6.45) is 0. The van der Waals surface area contributed by atoms with Gasteiger partial charge in [-0.1, -0.05) is 24.3 Å². The largest absolute Gasteiger partial charge is 0.507 e. The number of amides is 1. The fraction of sp³-hybridized carbons (Fsp3) is 0.233. The van der Waals surface area contributed by atoms with Crippen LogP contribution < -0.4 is 14.4 Å². The number of ether oxygens (including phenoxy) is 2. The van der Waals surface area contributed by atoms with Gasteiger partial charge in [0.15, 0.2) is 0 Å². The van der Waals surface area contributed by atoms with E-state index >= 15 is 0 Å². The van der Waals surface area contributed by atoms with Crippen molar-refractivity contribution in [1.29, 1.82) is 0 Å². The van der Waals surface area contributed by atoms with Gasteiger partial charge in [-0.05, 0) is 85.8 Å². The molecule has 0 radical (unpaired) electrons. The molecule has 1 amide bonds.